The summed E-state index contributed by atoms with van der Waals surface area (Å²) in [6.45, 7) is 0.408. The van der Waals surface area contributed by atoms with E-state index in [1.807, 2.05) is 0 Å². The lowest BCUT2D eigenvalue weighted by atomic mass is 10.1. The van der Waals surface area contributed by atoms with Gasteiger partial charge in [-0.15, -0.1) is 0 Å². The van der Waals surface area contributed by atoms with Crippen LogP contribution in [0.2, 0.25) is 0 Å². The molecule has 1 atom stereocenters. The highest BCUT2D eigenvalue weighted by Gasteiger charge is 2.22. The molecule has 0 bridgehead atoms. The van der Waals surface area contributed by atoms with Crippen LogP contribution >= 0.6 is 15.9 Å². The molecule has 3 N–H and O–H groups in total. The molecule has 4 nitrogen and oxygen atoms in total. The third-order valence-electron chi connectivity index (χ3n) is 3.15. The summed E-state index contributed by atoms with van der Waals surface area (Å²) < 4.78 is 25.2. The van der Waals surface area contributed by atoms with Crippen molar-refractivity contribution in [2.75, 3.05) is 5.75 Å². The summed E-state index contributed by atoms with van der Waals surface area (Å²) in [6, 6.07) is 13.5. The molecule has 0 amide bonds. The highest BCUT2D eigenvalue weighted by molar-refractivity contribution is 9.10. The molecular weight excluding hydrogens is 354 g/mol. The molecule has 2 aromatic carbocycles. The minimum absolute atomic E-state index is 0.183. The number of sulfone groups is 1. The lowest BCUT2D eigenvalue weighted by Gasteiger charge is -2.13. The van der Waals surface area contributed by atoms with Gasteiger partial charge in [0.1, 0.15) is 0 Å². The van der Waals surface area contributed by atoms with Gasteiger partial charge in [0.05, 0.1) is 16.8 Å². The second-order valence-corrected chi connectivity index (χ2v) is 7.53. The zero-order chi connectivity index (χ0) is 15.5. The Morgan fingerprint density at radius 2 is 1.71 bits per heavy atom. The third-order valence-corrected chi connectivity index (χ3v) is 5.88. The number of nitrogens with two attached hydrogens (primary N) is 1. The summed E-state index contributed by atoms with van der Waals surface area (Å²) in [4.78, 5) is 0.183. The standard InChI is InChI=1S/C15H16BrNO3S/c16-13-3-1-2-4-15(13)21(19,20)10-14(18)12-7-5-11(9-17)6-8-12/h1-8,14,18H,9-10,17H2. The first kappa shape index (κ1) is 16.2. The smallest absolute Gasteiger partial charge is 0.182 e. The number of aliphatic hydroxyl groups is 1. The molecule has 0 aliphatic heterocycles. The number of aliphatic hydroxyl groups excluding tert-OH is 1. The summed E-state index contributed by atoms with van der Waals surface area (Å²) in [5.41, 5.74) is 7.00. The average molecular weight is 370 g/mol. The molecule has 112 valence electrons. The number of benzene rings is 2. The molecule has 0 aliphatic carbocycles. The Kier molecular flexibility index (Phi) is 5.16. The minimum Gasteiger partial charge on any atom is -0.387 e. The first-order valence-electron chi connectivity index (χ1n) is 6.38. The van der Waals surface area contributed by atoms with E-state index < -0.39 is 15.9 Å². The van der Waals surface area contributed by atoms with Crippen molar-refractivity contribution in [3.8, 4) is 0 Å². The van der Waals surface area contributed by atoms with Gasteiger partial charge in [-0.2, -0.15) is 0 Å². The van der Waals surface area contributed by atoms with Gasteiger partial charge in [0, 0.05) is 11.0 Å². The number of rotatable bonds is 5. The van der Waals surface area contributed by atoms with E-state index in [9.17, 15) is 13.5 Å². The van der Waals surface area contributed by atoms with Crippen LogP contribution < -0.4 is 5.73 Å². The summed E-state index contributed by atoms with van der Waals surface area (Å²) in [7, 11) is -3.58. The van der Waals surface area contributed by atoms with Crippen molar-refractivity contribution >= 4 is 25.8 Å². The summed E-state index contributed by atoms with van der Waals surface area (Å²) in [5.74, 6) is -0.364. The first-order valence-corrected chi connectivity index (χ1v) is 8.83. The molecule has 0 aromatic heterocycles. The van der Waals surface area contributed by atoms with Crippen LogP contribution in [-0.2, 0) is 16.4 Å². The van der Waals surface area contributed by atoms with Crippen LogP contribution in [-0.4, -0.2) is 19.3 Å². The molecule has 0 radical (unpaired) electrons. The van der Waals surface area contributed by atoms with E-state index in [1.54, 1.807) is 42.5 Å². The minimum atomic E-state index is -3.58. The van der Waals surface area contributed by atoms with Crippen LogP contribution in [0, 0.1) is 0 Å². The van der Waals surface area contributed by atoms with Gasteiger partial charge in [-0.3, -0.25) is 0 Å². The van der Waals surface area contributed by atoms with E-state index in [4.69, 9.17) is 5.73 Å². The number of hydrogen-bond donors (Lipinski definition) is 2. The van der Waals surface area contributed by atoms with Gasteiger partial charge in [-0.1, -0.05) is 36.4 Å². The van der Waals surface area contributed by atoms with Gasteiger partial charge in [0.25, 0.3) is 0 Å². The Hall–Kier alpha value is -1.21. The molecule has 21 heavy (non-hydrogen) atoms. The van der Waals surface area contributed by atoms with E-state index in [1.165, 1.54) is 6.07 Å². The van der Waals surface area contributed by atoms with Gasteiger partial charge in [-0.05, 0) is 39.2 Å². The first-order chi connectivity index (χ1) is 9.94. The van der Waals surface area contributed by atoms with Crippen molar-refractivity contribution in [2.24, 2.45) is 5.73 Å². The SMILES string of the molecule is NCc1ccc(C(O)CS(=O)(=O)c2ccccc2Br)cc1. The van der Waals surface area contributed by atoms with E-state index in [0.29, 0.717) is 16.6 Å². The Bertz CT molecular complexity index is 714. The Morgan fingerprint density at radius 3 is 2.29 bits per heavy atom. The quantitative estimate of drug-likeness (QED) is 0.847. The van der Waals surface area contributed by atoms with Crippen molar-refractivity contribution in [2.45, 2.75) is 17.5 Å². The Morgan fingerprint density at radius 1 is 1.10 bits per heavy atom. The van der Waals surface area contributed by atoms with Crippen LogP contribution in [0.5, 0.6) is 0 Å². The molecule has 0 spiro atoms. The molecule has 0 aliphatic rings. The largest absolute Gasteiger partial charge is 0.387 e. The van der Waals surface area contributed by atoms with Crippen LogP contribution in [0.3, 0.4) is 0 Å². The second-order valence-electron chi connectivity index (χ2n) is 4.67. The number of hydrogen-bond acceptors (Lipinski definition) is 4. The maximum atomic E-state index is 12.3. The van der Waals surface area contributed by atoms with Crippen LogP contribution in [0.4, 0.5) is 0 Å². The van der Waals surface area contributed by atoms with Gasteiger partial charge in [0.15, 0.2) is 9.84 Å². The highest BCUT2D eigenvalue weighted by Crippen LogP contribution is 2.25. The Balaban J connectivity index is 2.21. The van der Waals surface area contributed by atoms with Gasteiger partial charge < -0.3 is 10.8 Å². The van der Waals surface area contributed by atoms with E-state index in [-0.39, 0.29) is 10.6 Å². The van der Waals surface area contributed by atoms with E-state index in [0.717, 1.165) is 5.56 Å². The monoisotopic (exact) mass is 369 g/mol. The van der Waals surface area contributed by atoms with Crippen LogP contribution in [0.15, 0.2) is 57.9 Å². The topological polar surface area (TPSA) is 80.4 Å². The van der Waals surface area contributed by atoms with Gasteiger partial charge >= 0.3 is 0 Å². The van der Waals surface area contributed by atoms with Crippen molar-refractivity contribution in [1.29, 1.82) is 0 Å². The lowest BCUT2D eigenvalue weighted by molar-refractivity contribution is 0.201. The molecular formula is C15H16BrNO3S. The molecule has 0 saturated heterocycles. The van der Waals surface area contributed by atoms with Gasteiger partial charge in [0.2, 0.25) is 0 Å². The molecule has 6 heteroatoms. The predicted octanol–water partition coefficient (Wildman–Crippen LogP) is 2.42. The number of halogens is 1. The molecule has 2 rings (SSSR count). The summed E-state index contributed by atoms with van der Waals surface area (Å²) in [6.07, 6.45) is -1.08. The average Bonchev–Trinajstić information content (AvgIpc) is 2.47. The Labute approximate surface area is 132 Å². The fourth-order valence-electron chi connectivity index (χ4n) is 1.97. The lowest BCUT2D eigenvalue weighted by Crippen LogP contribution is -2.15. The normalized spacial score (nSPS) is 13.1. The second kappa shape index (κ2) is 6.70. The molecule has 0 heterocycles. The molecule has 1 unspecified atom stereocenters. The van der Waals surface area contributed by atoms with Crippen LogP contribution in [0.25, 0.3) is 0 Å². The maximum absolute atomic E-state index is 12.3. The van der Waals surface area contributed by atoms with Gasteiger partial charge in [-0.25, -0.2) is 8.42 Å². The van der Waals surface area contributed by atoms with E-state index >= 15 is 0 Å². The fraction of sp³-hybridized carbons (Fsp3) is 0.200. The fourth-order valence-corrected chi connectivity index (χ4v) is 4.43. The zero-order valence-electron chi connectivity index (χ0n) is 11.2. The predicted molar refractivity (Wildman–Crippen MR) is 85.5 cm³/mol. The molecule has 0 fully saturated rings. The summed E-state index contributed by atoms with van der Waals surface area (Å²) >= 11 is 3.22. The van der Waals surface area contributed by atoms with Crippen LogP contribution in [0.1, 0.15) is 17.2 Å². The van der Waals surface area contributed by atoms with Crippen molar-refractivity contribution < 1.29 is 13.5 Å². The van der Waals surface area contributed by atoms with Crippen molar-refractivity contribution in [3.63, 3.8) is 0 Å². The highest BCUT2D eigenvalue weighted by atomic mass is 79.9. The van der Waals surface area contributed by atoms with Crippen molar-refractivity contribution in [3.05, 3.63) is 64.1 Å². The third kappa shape index (κ3) is 3.91. The van der Waals surface area contributed by atoms with Crippen molar-refractivity contribution in [1.82, 2.24) is 0 Å². The maximum Gasteiger partial charge on any atom is 0.182 e. The molecule has 2 aromatic rings. The molecule has 0 saturated carbocycles. The zero-order valence-corrected chi connectivity index (χ0v) is 13.6. The summed E-state index contributed by atoms with van der Waals surface area (Å²) in [5, 5.41) is 10.1. The van der Waals surface area contributed by atoms with E-state index in [2.05, 4.69) is 15.9 Å².